The average molecular weight is 519 g/mol. The third-order valence-corrected chi connectivity index (χ3v) is 5.95. The predicted octanol–water partition coefficient (Wildman–Crippen LogP) is 6.79. The molecule has 2 N–H and O–H groups in total. The molecule has 172 valence electrons. The van der Waals surface area contributed by atoms with Gasteiger partial charge in [-0.3, -0.25) is 10.3 Å². The molecule has 1 aliphatic rings. The van der Waals surface area contributed by atoms with Crippen LogP contribution < -0.4 is 10.1 Å². The number of halogens is 4. The van der Waals surface area contributed by atoms with E-state index in [1.807, 2.05) is 37.3 Å². The minimum absolute atomic E-state index is 0.134. The van der Waals surface area contributed by atoms with Crippen LogP contribution >= 0.6 is 15.9 Å². The fraction of sp³-hybridized carbons (Fsp3) is 0.240. The molecule has 0 aliphatic carbocycles. The average Bonchev–Trinajstić information content (AvgIpc) is 2.80. The van der Waals surface area contributed by atoms with Crippen molar-refractivity contribution >= 4 is 21.6 Å². The first-order chi connectivity index (χ1) is 15.7. The number of phenolic OH excluding ortho intramolecular Hbond substituents is 1. The smallest absolute Gasteiger partial charge is 0.416 e. The first kappa shape index (κ1) is 23.3. The predicted molar refractivity (Wildman–Crippen MR) is 125 cm³/mol. The Morgan fingerprint density at radius 1 is 1.06 bits per heavy atom. The van der Waals surface area contributed by atoms with E-state index in [1.165, 1.54) is 12.1 Å². The number of aromatic hydroxyl groups is 1. The molecule has 2 unspecified atom stereocenters. The molecule has 0 fully saturated rings. The minimum Gasteiger partial charge on any atom is -0.508 e. The number of phenols is 1. The molecule has 0 aromatic heterocycles. The maximum atomic E-state index is 13.0. The fourth-order valence-corrected chi connectivity index (χ4v) is 4.20. The Balaban J connectivity index is 1.72. The molecule has 1 aliphatic heterocycles. The number of rotatable bonds is 5. The molecule has 8 heteroatoms. The lowest BCUT2D eigenvalue weighted by Gasteiger charge is -2.31. The summed E-state index contributed by atoms with van der Waals surface area (Å²) in [6, 6.07) is 17.4. The Kier molecular flexibility index (Phi) is 6.76. The van der Waals surface area contributed by atoms with Gasteiger partial charge < -0.3 is 9.84 Å². The number of nitrogens with one attached hydrogen (secondary N) is 1. The summed E-state index contributed by atoms with van der Waals surface area (Å²) in [6.07, 6.45) is -4.49. The number of ether oxygens (including phenoxy) is 1. The lowest BCUT2D eigenvalue weighted by Crippen LogP contribution is -2.33. The van der Waals surface area contributed by atoms with Crippen molar-refractivity contribution in [1.29, 1.82) is 0 Å². The monoisotopic (exact) mass is 518 g/mol. The Morgan fingerprint density at radius 3 is 2.39 bits per heavy atom. The van der Waals surface area contributed by atoms with Gasteiger partial charge >= 0.3 is 6.18 Å². The molecule has 4 rings (SSSR count). The van der Waals surface area contributed by atoms with E-state index in [1.54, 1.807) is 12.1 Å². The second-order valence-electron chi connectivity index (χ2n) is 7.68. The molecule has 0 radical (unpaired) electrons. The van der Waals surface area contributed by atoms with Crippen molar-refractivity contribution < 1.29 is 23.0 Å². The van der Waals surface area contributed by atoms with Crippen LogP contribution in [0.2, 0.25) is 0 Å². The molecular formula is C25H22BrF3N2O2. The molecule has 3 aromatic carbocycles. The van der Waals surface area contributed by atoms with Crippen LogP contribution in [0.5, 0.6) is 11.5 Å². The Bertz CT molecular complexity index is 1150. The molecule has 4 nitrogen and oxygen atoms in total. The van der Waals surface area contributed by atoms with Crippen LogP contribution in [0.25, 0.3) is 0 Å². The van der Waals surface area contributed by atoms with Crippen LogP contribution in [0.15, 0.2) is 76.2 Å². The van der Waals surface area contributed by atoms with E-state index in [9.17, 15) is 18.3 Å². The first-order valence-corrected chi connectivity index (χ1v) is 11.3. The maximum absolute atomic E-state index is 13.0. The summed E-state index contributed by atoms with van der Waals surface area (Å²) < 4.78 is 45.4. The summed E-state index contributed by atoms with van der Waals surface area (Å²) in [5.74, 6) is 0.881. The van der Waals surface area contributed by atoms with Crippen molar-refractivity contribution in [3.63, 3.8) is 0 Å². The van der Waals surface area contributed by atoms with E-state index in [0.717, 1.165) is 33.6 Å². The number of nitrogens with zero attached hydrogens (tertiary/aromatic N) is 1. The maximum Gasteiger partial charge on any atom is 0.416 e. The zero-order valence-electron chi connectivity index (χ0n) is 17.7. The van der Waals surface area contributed by atoms with Gasteiger partial charge in [-0.1, -0.05) is 28.1 Å². The summed E-state index contributed by atoms with van der Waals surface area (Å²) in [4.78, 5) is 4.81. The van der Waals surface area contributed by atoms with Gasteiger partial charge in [0.05, 0.1) is 12.2 Å². The number of aliphatic imine (C=N–C) groups is 1. The van der Waals surface area contributed by atoms with Crippen LogP contribution in [0.4, 0.5) is 13.2 Å². The second-order valence-corrected chi connectivity index (χ2v) is 8.60. The van der Waals surface area contributed by atoms with E-state index >= 15 is 0 Å². The normalized spacial score (nSPS) is 18.6. The minimum atomic E-state index is -4.40. The van der Waals surface area contributed by atoms with Gasteiger partial charge in [0.2, 0.25) is 0 Å². The molecule has 3 aromatic rings. The van der Waals surface area contributed by atoms with Crippen molar-refractivity contribution in [3.8, 4) is 11.5 Å². The zero-order chi connectivity index (χ0) is 23.6. The van der Waals surface area contributed by atoms with Crippen molar-refractivity contribution in [1.82, 2.24) is 5.32 Å². The van der Waals surface area contributed by atoms with E-state index in [2.05, 4.69) is 21.2 Å². The highest BCUT2D eigenvalue weighted by Crippen LogP contribution is 2.37. The Labute approximate surface area is 198 Å². The molecule has 0 saturated carbocycles. The molecular weight excluding hydrogens is 497 g/mol. The summed E-state index contributed by atoms with van der Waals surface area (Å²) in [7, 11) is 0. The first-order valence-electron chi connectivity index (χ1n) is 10.5. The topological polar surface area (TPSA) is 53.8 Å². The summed E-state index contributed by atoms with van der Waals surface area (Å²) in [5.41, 5.74) is 2.24. The Hall–Kier alpha value is -2.84. The zero-order valence-corrected chi connectivity index (χ0v) is 19.3. The molecule has 0 saturated heterocycles. The molecule has 1 heterocycles. The van der Waals surface area contributed by atoms with E-state index < -0.39 is 17.9 Å². The lowest BCUT2D eigenvalue weighted by atomic mass is 9.93. The molecule has 2 atom stereocenters. The number of hydrogen-bond donors (Lipinski definition) is 2. The number of hydrogen-bond acceptors (Lipinski definition) is 4. The van der Waals surface area contributed by atoms with Gasteiger partial charge in [0.15, 0.2) is 0 Å². The largest absolute Gasteiger partial charge is 0.508 e. The highest BCUT2D eigenvalue weighted by atomic mass is 79.9. The quantitative estimate of drug-likeness (QED) is 0.390. The van der Waals surface area contributed by atoms with Gasteiger partial charge in [-0.05, 0) is 72.6 Å². The third-order valence-electron chi connectivity index (χ3n) is 5.46. The summed E-state index contributed by atoms with van der Waals surface area (Å²) in [5, 5.41) is 13.8. The molecule has 0 spiro atoms. The third kappa shape index (κ3) is 5.39. The second kappa shape index (κ2) is 9.57. The lowest BCUT2D eigenvalue weighted by molar-refractivity contribution is -0.137. The fourth-order valence-electron chi connectivity index (χ4n) is 3.82. The van der Waals surface area contributed by atoms with Gasteiger partial charge in [0, 0.05) is 28.2 Å². The van der Waals surface area contributed by atoms with Crippen molar-refractivity contribution in [2.24, 2.45) is 4.99 Å². The number of benzene rings is 3. The van der Waals surface area contributed by atoms with Crippen molar-refractivity contribution in [2.45, 2.75) is 31.7 Å². The number of alkyl halides is 3. The highest BCUT2D eigenvalue weighted by molar-refractivity contribution is 9.10. The van der Waals surface area contributed by atoms with E-state index in [-0.39, 0.29) is 11.8 Å². The molecule has 0 bridgehead atoms. The van der Waals surface area contributed by atoms with E-state index in [4.69, 9.17) is 9.73 Å². The van der Waals surface area contributed by atoms with E-state index in [0.29, 0.717) is 24.2 Å². The van der Waals surface area contributed by atoms with Crippen LogP contribution in [-0.2, 0) is 6.18 Å². The summed E-state index contributed by atoms with van der Waals surface area (Å²) >= 11 is 3.44. The van der Waals surface area contributed by atoms with Gasteiger partial charge in [-0.25, -0.2) is 0 Å². The van der Waals surface area contributed by atoms with Crippen molar-refractivity contribution in [2.75, 3.05) is 6.61 Å². The van der Waals surface area contributed by atoms with Crippen LogP contribution in [0.1, 0.15) is 47.8 Å². The van der Waals surface area contributed by atoms with Gasteiger partial charge in [-0.15, -0.1) is 0 Å². The standard InChI is InChI=1S/C25H22BrF3N2O2/c1-2-33-19-10-5-15(6-11-19)21-14-22(20-13-18(26)9-12-23(20)32)31-24(30-21)16-3-7-17(8-4-16)25(27,28)29/h3-13,22,24,31-32H,2,14H2,1H3. The van der Waals surface area contributed by atoms with Crippen LogP contribution in [0, 0.1) is 0 Å². The highest BCUT2D eigenvalue weighted by Gasteiger charge is 2.31. The molecule has 33 heavy (non-hydrogen) atoms. The van der Waals surface area contributed by atoms with Gasteiger partial charge in [0.25, 0.3) is 0 Å². The van der Waals surface area contributed by atoms with Gasteiger partial charge in [-0.2, -0.15) is 13.2 Å². The van der Waals surface area contributed by atoms with Gasteiger partial charge in [0.1, 0.15) is 17.7 Å². The van der Waals surface area contributed by atoms with Crippen LogP contribution in [-0.4, -0.2) is 17.4 Å². The van der Waals surface area contributed by atoms with Crippen LogP contribution in [0.3, 0.4) is 0 Å². The Morgan fingerprint density at radius 2 is 1.76 bits per heavy atom. The summed E-state index contributed by atoms with van der Waals surface area (Å²) in [6.45, 7) is 2.47. The SMILES string of the molecule is CCOc1ccc(C2=NC(c3ccc(C(F)(F)F)cc3)NC(c3cc(Br)ccc3O)C2)cc1. The van der Waals surface area contributed by atoms with Crippen molar-refractivity contribution in [3.05, 3.63) is 93.5 Å². The molecule has 0 amide bonds.